The molecule has 1 aliphatic heterocycles. The lowest BCUT2D eigenvalue weighted by Gasteiger charge is -2.18. The summed E-state index contributed by atoms with van der Waals surface area (Å²) < 4.78 is 1.97. The van der Waals surface area contributed by atoms with Gasteiger partial charge in [-0.15, -0.1) is 0 Å². The summed E-state index contributed by atoms with van der Waals surface area (Å²) in [4.78, 5) is 16.6. The Morgan fingerprint density at radius 3 is 2.96 bits per heavy atom. The van der Waals surface area contributed by atoms with Crippen molar-refractivity contribution in [1.82, 2.24) is 14.9 Å². The number of benzene rings is 2. The molecule has 0 unspecified atom stereocenters. The van der Waals surface area contributed by atoms with Crippen LogP contribution >= 0.6 is 11.6 Å². The summed E-state index contributed by atoms with van der Waals surface area (Å²) in [7, 11) is 0. The van der Waals surface area contributed by atoms with Crippen LogP contribution < -0.4 is 5.32 Å². The molecular weight excluding hydrogens is 322 g/mol. The number of hydrogen-bond acceptors (Lipinski definition) is 2. The number of aryl methyl sites for hydroxylation is 1. The quantitative estimate of drug-likeness (QED) is 0.773. The van der Waals surface area contributed by atoms with Gasteiger partial charge < -0.3 is 5.32 Å². The molecule has 1 N–H and O–H groups in total. The predicted octanol–water partition coefficient (Wildman–Crippen LogP) is 3.79. The fourth-order valence-electron chi connectivity index (χ4n) is 3.16. The number of hydrogen-bond donors (Lipinski definition) is 1. The Morgan fingerprint density at radius 2 is 2.12 bits per heavy atom. The lowest BCUT2D eigenvalue weighted by atomic mass is 9.99. The molecule has 0 bridgehead atoms. The molecule has 1 aliphatic rings. The molecule has 2 aromatic carbocycles. The fraction of sp³-hybridized carbons (Fsp3) is 0.158. The van der Waals surface area contributed by atoms with E-state index in [0.29, 0.717) is 11.6 Å². The van der Waals surface area contributed by atoms with Crippen molar-refractivity contribution in [2.75, 3.05) is 6.54 Å². The van der Waals surface area contributed by atoms with E-state index >= 15 is 0 Å². The van der Waals surface area contributed by atoms with Gasteiger partial charge in [-0.2, -0.15) is 0 Å². The molecule has 0 aliphatic carbocycles. The highest BCUT2D eigenvalue weighted by Crippen LogP contribution is 2.32. The zero-order chi connectivity index (χ0) is 16.7. The Morgan fingerprint density at radius 1 is 1.25 bits per heavy atom. The summed E-state index contributed by atoms with van der Waals surface area (Å²) in [6, 6.07) is 11.8. The maximum absolute atomic E-state index is 12.1. The van der Waals surface area contributed by atoms with Crippen molar-refractivity contribution < 1.29 is 4.79 Å². The van der Waals surface area contributed by atoms with Crippen molar-refractivity contribution in [2.24, 2.45) is 0 Å². The topological polar surface area (TPSA) is 46.9 Å². The van der Waals surface area contributed by atoms with Gasteiger partial charge in [-0.1, -0.05) is 29.8 Å². The van der Waals surface area contributed by atoms with Crippen LogP contribution in [-0.4, -0.2) is 22.0 Å². The van der Waals surface area contributed by atoms with E-state index in [-0.39, 0.29) is 5.91 Å². The van der Waals surface area contributed by atoms with Crippen LogP contribution in [0.2, 0.25) is 5.02 Å². The standard InChI is InChI=1S/C19H16ClN3O/c1-12-3-2-4-16(20)17(12)18-21-9-10-23(18)14-6-5-13-7-8-22-19(24)15(13)11-14/h2-6,9-11H,7-8H2,1H3,(H,22,24). The monoisotopic (exact) mass is 337 g/mol. The van der Waals surface area contributed by atoms with E-state index in [9.17, 15) is 4.79 Å². The summed E-state index contributed by atoms with van der Waals surface area (Å²) in [5, 5.41) is 3.56. The predicted molar refractivity (Wildman–Crippen MR) is 94.8 cm³/mol. The van der Waals surface area contributed by atoms with Crippen LogP contribution in [0, 0.1) is 6.92 Å². The van der Waals surface area contributed by atoms with E-state index in [2.05, 4.69) is 10.3 Å². The second-order valence-electron chi connectivity index (χ2n) is 5.90. The highest BCUT2D eigenvalue weighted by Gasteiger charge is 2.19. The summed E-state index contributed by atoms with van der Waals surface area (Å²) in [6.45, 7) is 2.71. The van der Waals surface area contributed by atoms with Crippen LogP contribution in [0.1, 0.15) is 21.5 Å². The summed E-state index contributed by atoms with van der Waals surface area (Å²) in [6.07, 6.45) is 4.50. The van der Waals surface area contributed by atoms with Gasteiger partial charge in [0, 0.05) is 35.8 Å². The molecule has 5 heteroatoms. The number of imidazole rings is 1. The summed E-state index contributed by atoms with van der Waals surface area (Å²) >= 11 is 6.40. The van der Waals surface area contributed by atoms with Crippen molar-refractivity contribution in [3.05, 3.63) is 70.5 Å². The van der Waals surface area contributed by atoms with Gasteiger partial charge in [-0.05, 0) is 42.7 Å². The number of rotatable bonds is 2. The normalized spacial score (nSPS) is 13.5. The third-order valence-corrected chi connectivity index (χ3v) is 4.70. The van der Waals surface area contributed by atoms with Crippen molar-refractivity contribution in [3.8, 4) is 17.1 Å². The van der Waals surface area contributed by atoms with Gasteiger partial charge in [0.15, 0.2) is 0 Å². The number of carbonyl (C=O) groups excluding carboxylic acids is 1. The average Bonchev–Trinajstić information content (AvgIpc) is 3.04. The lowest BCUT2D eigenvalue weighted by molar-refractivity contribution is 0.0946. The lowest BCUT2D eigenvalue weighted by Crippen LogP contribution is -2.31. The molecule has 0 saturated carbocycles. The van der Waals surface area contributed by atoms with Gasteiger partial charge in [0.05, 0.1) is 5.02 Å². The van der Waals surface area contributed by atoms with Gasteiger partial charge in [0.1, 0.15) is 5.82 Å². The number of nitrogens with zero attached hydrogens (tertiary/aromatic N) is 2. The molecule has 0 fully saturated rings. The van der Waals surface area contributed by atoms with Crippen LogP contribution in [0.25, 0.3) is 17.1 Å². The van der Waals surface area contributed by atoms with Gasteiger partial charge >= 0.3 is 0 Å². The first-order chi connectivity index (χ1) is 11.6. The molecule has 1 amide bonds. The molecule has 2 heterocycles. The van der Waals surface area contributed by atoms with E-state index in [1.807, 2.05) is 54.1 Å². The molecule has 24 heavy (non-hydrogen) atoms. The van der Waals surface area contributed by atoms with E-state index in [0.717, 1.165) is 40.2 Å². The van der Waals surface area contributed by atoms with E-state index in [4.69, 9.17) is 11.6 Å². The molecule has 120 valence electrons. The Hall–Kier alpha value is -2.59. The third-order valence-electron chi connectivity index (χ3n) is 4.38. The zero-order valence-corrected chi connectivity index (χ0v) is 14.0. The van der Waals surface area contributed by atoms with Crippen LogP contribution in [0.4, 0.5) is 0 Å². The number of halogens is 1. The Kier molecular flexibility index (Phi) is 3.62. The van der Waals surface area contributed by atoms with Crippen molar-refractivity contribution in [1.29, 1.82) is 0 Å². The Labute approximate surface area is 145 Å². The molecule has 3 aromatic rings. The minimum absolute atomic E-state index is 0.0197. The highest BCUT2D eigenvalue weighted by molar-refractivity contribution is 6.33. The molecule has 4 rings (SSSR count). The maximum atomic E-state index is 12.1. The second kappa shape index (κ2) is 5.80. The molecule has 4 nitrogen and oxygen atoms in total. The number of aromatic nitrogens is 2. The van der Waals surface area contributed by atoms with Gasteiger partial charge in [0.25, 0.3) is 5.91 Å². The average molecular weight is 338 g/mol. The van der Waals surface area contributed by atoms with Crippen LogP contribution in [0.15, 0.2) is 48.8 Å². The first kappa shape index (κ1) is 15.0. The van der Waals surface area contributed by atoms with Crippen molar-refractivity contribution in [3.63, 3.8) is 0 Å². The molecule has 0 atom stereocenters. The highest BCUT2D eigenvalue weighted by atomic mass is 35.5. The van der Waals surface area contributed by atoms with Gasteiger partial charge in [-0.25, -0.2) is 4.98 Å². The van der Waals surface area contributed by atoms with Gasteiger partial charge in [0.2, 0.25) is 0 Å². The Bertz CT molecular complexity index is 925. The summed E-state index contributed by atoms with van der Waals surface area (Å²) in [5.74, 6) is 0.753. The first-order valence-electron chi connectivity index (χ1n) is 7.85. The number of amides is 1. The van der Waals surface area contributed by atoms with Crippen LogP contribution in [0.5, 0.6) is 0 Å². The molecule has 0 spiro atoms. The molecular formula is C19H16ClN3O. The number of fused-ring (bicyclic) bond motifs is 1. The second-order valence-corrected chi connectivity index (χ2v) is 6.31. The van der Waals surface area contributed by atoms with Crippen molar-refractivity contribution in [2.45, 2.75) is 13.3 Å². The largest absolute Gasteiger partial charge is 0.352 e. The first-order valence-corrected chi connectivity index (χ1v) is 8.23. The summed E-state index contributed by atoms with van der Waals surface area (Å²) in [5.41, 5.74) is 4.68. The zero-order valence-electron chi connectivity index (χ0n) is 13.2. The molecule has 1 aromatic heterocycles. The Balaban J connectivity index is 1.87. The van der Waals surface area contributed by atoms with E-state index < -0.39 is 0 Å². The van der Waals surface area contributed by atoms with Crippen LogP contribution in [0.3, 0.4) is 0 Å². The fourth-order valence-corrected chi connectivity index (χ4v) is 3.47. The van der Waals surface area contributed by atoms with Crippen molar-refractivity contribution >= 4 is 17.5 Å². The maximum Gasteiger partial charge on any atom is 0.251 e. The SMILES string of the molecule is Cc1cccc(Cl)c1-c1nccn1-c1ccc2c(c1)C(=O)NCC2. The van der Waals surface area contributed by atoms with E-state index in [1.165, 1.54) is 0 Å². The minimum atomic E-state index is -0.0197. The third kappa shape index (κ3) is 2.39. The number of nitrogens with one attached hydrogen (secondary N) is 1. The van der Waals surface area contributed by atoms with E-state index in [1.54, 1.807) is 6.20 Å². The molecule has 0 saturated heterocycles. The smallest absolute Gasteiger partial charge is 0.251 e. The number of carbonyl (C=O) groups is 1. The minimum Gasteiger partial charge on any atom is -0.352 e. The van der Waals surface area contributed by atoms with Gasteiger partial charge in [-0.3, -0.25) is 9.36 Å². The van der Waals surface area contributed by atoms with Crippen LogP contribution in [-0.2, 0) is 6.42 Å². The molecule has 0 radical (unpaired) electrons.